The van der Waals surface area contributed by atoms with Crippen LogP contribution in [0.3, 0.4) is 0 Å². The average Bonchev–Trinajstić information content (AvgIpc) is 2.47. The molecule has 3 N–H and O–H groups in total. The molecule has 1 aliphatic rings. The van der Waals surface area contributed by atoms with E-state index in [9.17, 15) is 8.42 Å². The van der Waals surface area contributed by atoms with Crippen LogP contribution in [0.2, 0.25) is 0 Å². The average molecular weight is 362 g/mol. The lowest BCUT2D eigenvalue weighted by molar-refractivity contribution is 0.268. The first kappa shape index (κ1) is 15.9. The summed E-state index contributed by atoms with van der Waals surface area (Å²) in [5, 5.41) is 0. The summed E-state index contributed by atoms with van der Waals surface area (Å²) in [5.41, 5.74) is 6.58. The molecule has 1 fully saturated rings. The van der Waals surface area contributed by atoms with E-state index in [0.717, 1.165) is 22.9 Å². The monoisotopic (exact) mass is 361 g/mol. The summed E-state index contributed by atoms with van der Waals surface area (Å²) in [6, 6.07) is 7.58. The van der Waals surface area contributed by atoms with Crippen molar-refractivity contribution in [2.24, 2.45) is 11.7 Å². The lowest BCUT2D eigenvalue weighted by Crippen LogP contribution is -2.47. The van der Waals surface area contributed by atoms with Crippen LogP contribution in [0.5, 0.6) is 0 Å². The van der Waals surface area contributed by atoms with Crippen molar-refractivity contribution in [1.29, 1.82) is 0 Å². The van der Waals surface area contributed by atoms with Gasteiger partial charge in [-0.25, -0.2) is 0 Å². The van der Waals surface area contributed by atoms with Crippen LogP contribution >= 0.6 is 15.9 Å². The molecule has 2 rings (SSSR count). The maximum Gasteiger partial charge on any atom is 0.279 e. The van der Waals surface area contributed by atoms with Crippen molar-refractivity contribution >= 4 is 26.1 Å². The van der Waals surface area contributed by atoms with Crippen molar-refractivity contribution in [3.63, 3.8) is 0 Å². The smallest absolute Gasteiger partial charge is 0.279 e. The number of piperidine rings is 1. The number of nitrogens with zero attached hydrogens (tertiary/aromatic N) is 1. The summed E-state index contributed by atoms with van der Waals surface area (Å²) in [6.45, 7) is 1.94. The maximum atomic E-state index is 12.3. The molecule has 1 aromatic carbocycles. The normalized spacial score (nSPS) is 21.0. The summed E-state index contributed by atoms with van der Waals surface area (Å²) in [5.74, 6) is 0.271. The minimum absolute atomic E-state index is 0.271. The highest BCUT2D eigenvalue weighted by molar-refractivity contribution is 9.10. The summed E-state index contributed by atoms with van der Waals surface area (Å²) >= 11 is 3.35. The molecule has 7 heteroatoms. The van der Waals surface area contributed by atoms with Crippen LogP contribution in [0.4, 0.5) is 0 Å². The van der Waals surface area contributed by atoms with Gasteiger partial charge in [-0.3, -0.25) is 0 Å². The van der Waals surface area contributed by atoms with Crippen molar-refractivity contribution in [3.05, 3.63) is 34.3 Å². The topological polar surface area (TPSA) is 75.4 Å². The molecular formula is C13H20BrN3O2S. The highest BCUT2D eigenvalue weighted by Crippen LogP contribution is 2.18. The number of nitrogens with one attached hydrogen (secondary N) is 1. The van der Waals surface area contributed by atoms with E-state index < -0.39 is 10.2 Å². The van der Waals surface area contributed by atoms with Crippen LogP contribution in [0.25, 0.3) is 0 Å². The highest BCUT2D eigenvalue weighted by atomic mass is 79.9. The van der Waals surface area contributed by atoms with Crippen molar-refractivity contribution in [3.8, 4) is 0 Å². The SMILES string of the molecule is NCC1CCCN(S(=O)(=O)NCc2ccc(Br)cc2)C1. The molecule has 0 aromatic heterocycles. The Morgan fingerprint density at radius 2 is 2.05 bits per heavy atom. The van der Waals surface area contributed by atoms with Gasteiger partial charge in [-0.15, -0.1) is 0 Å². The van der Waals surface area contributed by atoms with Gasteiger partial charge >= 0.3 is 0 Å². The molecule has 112 valence electrons. The maximum absolute atomic E-state index is 12.3. The molecule has 1 saturated heterocycles. The van der Waals surface area contributed by atoms with Crippen molar-refractivity contribution in [2.45, 2.75) is 19.4 Å². The van der Waals surface area contributed by atoms with Gasteiger partial charge in [-0.05, 0) is 43.0 Å². The summed E-state index contributed by atoms with van der Waals surface area (Å²) in [6.07, 6.45) is 1.89. The van der Waals surface area contributed by atoms with Crippen LogP contribution in [0, 0.1) is 5.92 Å². The Morgan fingerprint density at radius 3 is 2.70 bits per heavy atom. The Bertz CT molecular complexity index is 533. The predicted octanol–water partition coefficient (Wildman–Crippen LogP) is 1.45. The van der Waals surface area contributed by atoms with E-state index in [-0.39, 0.29) is 5.92 Å². The molecule has 0 radical (unpaired) electrons. The Balaban J connectivity index is 1.95. The van der Waals surface area contributed by atoms with Gasteiger partial charge in [-0.2, -0.15) is 17.4 Å². The zero-order valence-corrected chi connectivity index (χ0v) is 13.7. The van der Waals surface area contributed by atoms with Gasteiger partial charge in [0.25, 0.3) is 10.2 Å². The van der Waals surface area contributed by atoms with Gasteiger partial charge in [0.2, 0.25) is 0 Å². The second-order valence-corrected chi connectivity index (χ2v) is 7.73. The lowest BCUT2D eigenvalue weighted by Gasteiger charge is -2.31. The Hall–Kier alpha value is -0.470. The van der Waals surface area contributed by atoms with Crippen molar-refractivity contribution in [2.75, 3.05) is 19.6 Å². The van der Waals surface area contributed by atoms with Crippen LogP contribution in [0.1, 0.15) is 18.4 Å². The molecule has 5 nitrogen and oxygen atoms in total. The molecular weight excluding hydrogens is 342 g/mol. The predicted molar refractivity (Wildman–Crippen MR) is 83.3 cm³/mol. The van der Waals surface area contributed by atoms with Crippen LogP contribution in [0.15, 0.2) is 28.7 Å². The molecule has 0 saturated carbocycles. The first-order chi connectivity index (χ1) is 9.51. The van der Waals surface area contributed by atoms with Crippen molar-refractivity contribution in [1.82, 2.24) is 9.03 Å². The Morgan fingerprint density at radius 1 is 1.35 bits per heavy atom. The summed E-state index contributed by atoms with van der Waals surface area (Å²) in [7, 11) is -3.42. The Labute approximate surface area is 128 Å². The fourth-order valence-corrected chi connectivity index (χ4v) is 3.88. The van der Waals surface area contributed by atoms with E-state index in [1.165, 1.54) is 4.31 Å². The molecule has 1 unspecified atom stereocenters. The first-order valence-corrected chi connectivity index (χ1v) is 8.94. The van der Waals surface area contributed by atoms with Crippen molar-refractivity contribution < 1.29 is 8.42 Å². The number of hydrogen-bond acceptors (Lipinski definition) is 3. The van der Waals surface area contributed by atoms with E-state index in [0.29, 0.717) is 26.2 Å². The van der Waals surface area contributed by atoms with E-state index in [4.69, 9.17) is 5.73 Å². The molecule has 1 aromatic rings. The molecule has 0 bridgehead atoms. The molecule has 20 heavy (non-hydrogen) atoms. The van der Waals surface area contributed by atoms with E-state index in [1.807, 2.05) is 24.3 Å². The summed E-state index contributed by atoms with van der Waals surface area (Å²) in [4.78, 5) is 0. The molecule has 0 spiro atoms. The fourth-order valence-electron chi connectivity index (χ4n) is 2.31. The van der Waals surface area contributed by atoms with E-state index in [2.05, 4.69) is 20.7 Å². The quantitative estimate of drug-likeness (QED) is 0.833. The minimum Gasteiger partial charge on any atom is -0.330 e. The standard InChI is InChI=1S/C13H20BrN3O2S/c14-13-5-3-11(4-6-13)9-16-20(18,19)17-7-1-2-12(8-15)10-17/h3-6,12,16H,1-2,7-10,15H2. The molecule has 0 amide bonds. The number of nitrogens with two attached hydrogens (primary N) is 1. The molecule has 1 heterocycles. The second-order valence-electron chi connectivity index (χ2n) is 5.05. The fraction of sp³-hybridized carbons (Fsp3) is 0.538. The first-order valence-electron chi connectivity index (χ1n) is 6.70. The van der Waals surface area contributed by atoms with Gasteiger partial charge < -0.3 is 5.73 Å². The number of halogens is 1. The Kier molecular flexibility index (Phi) is 5.57. The largest absolute Gasteiger partial charge is 0.330 e. The third kappa shape index (κ3) is 4.26. The molecule has 1 atom stereocenters. The molecule has 0 aliphatic carbocycles. The van der Waals surface area contributed by atoms with Crippen LogP contribution in [-0.4, -0.2) is 32.4 Å². The lowest BCUT2D eigenvalue weighted by atomic mass is 10.0. The van der Waals surface area contributed by atoms with Gasteiger partial charge in [-0.1, -0.05) is 28.1 Å². The van der Waals surface area contributed by atoms with E-state index in [1.54, 1.807) is 0 Å². The second kappa shape index (κ2) is 7.00. The zero-order chi connectivity index (χ0) is 14.6. The minimum atomic E-state index is -3.42. The number of hydrogen-bond donors (Lipinski definition) is 2. The third-order valence-corrected chi connectivity index (χ3v) is 5.58. The van der Waals surface area contributed by atoms with Gasteiger partial charge in [0.05, 0.1) is 0 Å². The number of benzene rings is 1. The number of rotatable bonds is 5. The van der Waals surface area contributed by atoms with Crippen LogP contribution in [-0.2, 0) is 16.8 Å². The van der Waals surface area contributed by atoms with Crippen LogP contribution < -0.4 is 10.5 Å². The zero-order valence-electron chi connectivity index (χ0n) is 11.3. The van der Waals surface area contributed by atoms with E-state index >= 15 is 0 Å². The third-order valence-electron chi connectivity index (χ3n) is 3.53. The summed E-state index contributed by atoms with van der Waals surface area (Å²) < 4.78 is 29.6. The molecule has 1 aliphatic heterocycles. The van der Waals surface area contributed by atoms with Gasteiger partial charge in [0.1, 0.15) is 0 Å². The van der Waals surface area contributed by atoms with Gasteiger partial charge in [0, 0.05) is 24.1 Å². The van der Waals surface area contributed by atoms with Gasteiger partial charge in [0.15, 0.2) is 0 Å². The highest BCUT2D eigenvalue weighted by Gasteiger charge is 2.27.